The van der Waals surface area contributed by atoms with E-state index in [0.717, 1.165) is 0 Å². The third kappa shape index (κ3) is 5.25. The quantitative estimate of drug-likeness (QED) is 0.463. The van der Waals surface area contributed by atoms with E-state index in [1.807, 2.05) is 0 Å². The lowest BCUT2D eigenvalue weighted by Crippen LogP contribution is -2.30. The molecule has 0 saturated heterocycles. The average Bonchev–Trinajstić information content (AvgIpc) is 3.07. The summed E-state index contributed by atoms with van der Waals surface area (Å²) < 4.78 is 42.7. The van der Waals surface area contributed by atoms with Crippen LogP contribution in [0.25, 0.3) is 0 Å². The second-order valence-corrected chi connectivity index (χ2v) is 9.07. The highest BCUT2D eigenvalue weighted by Gasteiger charge is 2.30. The largest absolute Gasteiger partial charge is 0.486 e. The number of hydrogen-bond donors (Lipinski definition) is 2. The molecular weight excluding hydrogens is 450 g/mol. The molecule has 2 aliphatic heterocycles. The average molecular weight is 474 g/mol. The lowest BCUT2D eigenvalue weighted by molar-refractivity contribution is -0.153. The van der Waals surface area contributed by atoms with Gasteiger partial charge < -0.3 is 19.5 Å². The van der Waals surface area contributed by atoms with Crippen molar-refractivity contribution in [2.24, 2.45) is 4.99 Å². The van der Waals surface area contributed by atoms with Crippen LogP contribution < -0.4 is 19.5 Å². The molecule has 10 nitrogen and oxygen atoms in total. The van der Waals surface area contributed by atoms with Crippen molar-refractivity contribution in [1.82, 2.24) is 4.72 Å². The second-order valence-electron chi connectivity index (χ2n) is 7.42. The van der Waals surface area contributed by atoms with Crippen molar-refractivity contribution in [3.8, 4) is 11.5 Å². The smallest absolute Gasteiger partial charge is 0.306 e. The van der Waals surface area contributed by atoms with E-state index in [1.165, 1.54) is 13.0 Å². The fraction of sp³-hybridized carbons (Fsp3) is 0.318. The summed E-state index contributed by atoms with van der Waals surface area (Å²) in [6.45, 7) is 2.61. The molecule has 174 valence electrons. The van der Waals surface area contributed by atoms with Gasteiger partial charge in [0.25, 0.3) is 15.9 Å². The van der Waals surface area contributed by atoms with Gasteiger partial charge >= 0.3 is 5.97 Å². The van der Waals surface area contributed by atoms with Crippen molar-refractivity contribution >= 4 is 33.4 Å². The van der Waals surface area contributed by atoms with Crippen molar-refractivity contribution < 1.29 is 32.2 Å². The number of benzene rings is 2. The van der Waals surface area contributed by atoms with Crippen molar-refractivity contribution in [3.05, 3.63) is 48.0 Å². The first-order valence-corrected chi connectivity index (χ1v) is 11.9. The zero-order chi connectivity index (χ0) is 23.4. The number of hydrogen-bond acceptors (Lipinski definition) is 8. The van der Waals surface area contributed by atoms with Gasteiger partial charge in [0.05, 0.1) is 4.90 Å². The molecule has 0 aliphatic carbocycles. The molecule has 1 atom stereocenters. The van der Waals surface area contributed by atoms with Gasteiger partial charge in [-0.05, 0) is 37.6 Å². The minimum Gasteiger partial charge on any atom is -0.486 e. The third-order valence-electron chi connectivity index (χ3n) is 4.96. The van der Waals surface area contributed by atoms with Gasteiger partial charge in [0.15, 0.2) is 17.6 Å². The first-order chi connectivity index (χ1) is 15.8. The van der Waals surface area contributed by atoms with Crippen LogP contribution in [0.3, 0.4) is 0 Å². The van der Waals surface area contributed by atoms with Gasteiger partial charge in [-0.3, -0.25) is 19.3 Å². The van der Waals surface area contributed by atoms with Gasteiger partial charge in [-0.2, -0.15) is 0 Å². The van der Waals surface area contributed by atoms with Crippen LogP contribution in [-0.4, -0.2) is 52.0 Å². The number of nitrogens with one attached hydrogen (secondary N) is 2. The van der Waals surface area contributed by atoms with Gasteiger partial charge in [-0.25, -0.2) is 8.42 Å². The zero-order valence-corrected chi connectivity index (χ0v) is 18.7. The van der Waals surface area contributed by atoms with Gasteiger partial charge in [0.1, 0.15) is 19.0 Å². The predicted molar refractivity (Wildman–Crippen MR) is 119 cm³/mol. The van der Waals surface area contributed by atoms with E-state index in [1.54, 1.807) is 36.4 Å². The Hall–Kier alpha value is -3.60. The lowest BCUT2D eigenvalue weighted by atomic mass is 10.2. The Morgan fingerprint density at radius 3 is 2.73 bits per heavy atom. The Kier molecular flexibility index (Phi) is 6.50. The van der Waals surface area contributed by atoms with E-state index in [4.69, 9.17) is 14.2 Å². The van der Waals surface area contributed by atoms with Crippen LogP contribution in [0.4, 0.5) is 5.69 Å². The minimum absolute atomic E-state index is 0.0345. The van der Waals surface area contributed by atoms with Crippen molar-refractivity contribution in [2.75, 3.05) is 25.1 Å². The molecule has 4 rings (SSSR count). The summed E-state index contributed by atoms with van der Waals surface area (Å²) in [6, 6.07) is 11.6. The number of anilines is 1. The van der Waals surface area contributed by atoms with E-state index in [-0.39, 0.29) is 23.7 Å². The normalized spacial score (nSPS) is 17.5. The van der Waals surface area contributed by atoms with Crippen LogP contribution in [0.5, 0.6) is 11.5 Å². The molecule has 2 N–H and O–H groups in total. The maximum absolute atomic E-state index is 12.4. The lowest BCUT2D eigenvalue weighted by Gasteiger charge is -2.19. The number of carbonyl (C=O) groups is 2. The molecule has 0 fully saturated rings. The van der Waals surface area contributed by atoms with Crippen LogP contribution >= 0.6 is 0 Å². The fourth-order valence-electron chi connectivity index (χ4n) is 3.34. The van der Waals surface area contributed by atoms with E-state index in [2.05, 4.69) is 15.0 Å². The first-order valence-electron chi connectivity index (χ1n) is 10.4. The standard InChI is InChI=1S/C22H23N3O7S/c1-14(22(27)24-15-8-9-17-18(13-15)31-12-11-30-17)32-20(26)7-4-10-23-21-16-5-2-3-6-19(16)33(28,29)25-21/h2-3,5-6,8-9,13-14H,4,7,10-12H2,1H3,(H,23,25)(H,24,27)/t14-/m0/s1. The SMILES string of the molecule is C[C@H](OC(=O)CCCN=C1NS(=O)(=O)c2ccccc21)C(=O)Nc1ccc2c(c1)OCCO2. The number of aliphatic imine (C=N–C) groups is 1. The molecule has 33 heavy (non-hydrogen) atoms. The molecule has 0 bridgehead atoms. The molecule has 0 spiro atoms. The Morgan fingerprint density at radius 2 is 1.91 bits per heavy atom. The van der Waals surface area contributed by atoms with Crippen molar-refractivity contribution in [2.45, 2.75) is 30.8 Å². The van der Waals surface area contributed by atoms with Crippen molar-refractivity contribution in [1.29, 1.82) is 0 Å². The van der Waals surface area contributed by atoms with E-state index in [9.17, 15) is 18.0 Å². The molecule has 2 heterocycles. The molecule has 0 unspecified atom stereocenters. The van der Waals surface area contributed by atoms with Crippen LogP contribution in [0, 0.1) is 0 Å². The number of sulfonamides is 1. The second kappa shape index (κ2) is 9.49. The number of nitrogens with zero attached hydrogens (tertiary/aromatic N) is 1. The minimum atomic E-state index is -3.60. The highest BCUT2D eigenvalue weighted by Crippen LogP contribution is 2.32. The maximum Gasteiger partial charge on any atom is 0.306 e. The van der Waals surface area contributed by atoms with Crippen LogP contribution in [-0.2, 0) is 24.3 Å². The number of ether oxygens (including phenoxy) is 3. The molecule has 2 aliphatic rings. The number of amides is 1. The number of carbonyl (C=O) groups excluding carboxylic acids is 2. The van der Waals surface area contributed by atoms with E-state index < -0.39 is 28.0 Å². The summed E-state index contributed by atoms with van der Waals surface area (Å²) in [7, 11) is -3.60. The summed E-state index contributed by atoms with van der Waals surface area (Å²) >= 11 is 0. The molecule has 0 radical (unpaired) electrons. The summed E-state index contributed by atoms with van der Waals surface area (Å²) in [5.74, 6) is 0.379. The van der Waals surface area contributed by atoms with Gasteiger partial charge in [-0.15, -0.1) is 0 Å². The van der Waals surface area contributed by atoms with Gasteiger partial charge in [0, 0.05) is 30.3 Å². The predicted octanol–water partition coefficient (Wildman–Crippen LogP) is 1.85. The van der Waals surface area contributed by atoms with Gasteiger partial charge in [-0.1, -0.05) is 12.1 Å². The summed E-state index contributed by atoms with van der Waals surface area (Å²) in [5.41, 5.74) is 1.01. The first kappa shape index (κ1) is 22.6. The van der Waals surface area contributed by atoms with Crippen LogP contribution in [0.1, 0.15) is 25.3 Å². The maximum atomic E-state index is 12.4. The molecule has 0 saturated carbocycles. The molecule has 2 aromatic carbocycles. The molecule has 11 heteroatoms. The molecule has 0 aromatic heterocycles. The van der Waals surface area contributed by atoms with E-state index >= 15 is 0 Å². The third-order valence-corrected chi connectivity index (χ3v) is 6.36. The molecule has 2 aromatic rings. The van der Waals surface area contributed by atoms with Crippen molar-refractivity contribution in [3.63, 3.8) is 0 Å². The number of rotatable bonds is 7. The van der Waals surface area contributed by atoms with Crippen LogP contribution in [0.15, 0.2) is 52.4 Å². The Labute approximate surface area is 191 Å². The summed E-state index contributed by atoms with van der Waals surface area (Å²) in [4.78, 5) is 28.9. The molecule has 1 amide bonds. The summed E-state index contributed by atoms with van der Waals surface area (Å²) in [6.07, 6.45) is -0.624. The van der Waals surface area contributed by atoms with Gasteiger partial charge in [0.2, 0.25) is 0 Å². The Balaban J connectivity index is 1.24. The zero-order valence-electron chi connectivity index (χ0n) is 17.9. The number of amidine groups is 1. The number of fused-ring (bicyclic) bond motifs is 2. The highest BCUT2D eigenvalue weighted by molar-refractivity contribution is 7.90. The van der Waals surface area contributed by atoms with Crippen LogP contribution in [0.2, 0.25) is 0 Å². The monoisotopic (exact) mass is 473 g/mol. The Bertz CT molecular complexity index is 1210. The van der Waals surface area contributed by atoms with E-state index in [0.29, 0.717) is 42.4 Å². The summed E-state index contributed by atoms with van der Waals surface area (Å²) in [5, 5.41) is 2.68. The Morgan fingerprint density at radius 1 is 1.15 bits per heavy atom. The molecular formula is C22H23N3O7S. The number of esters is 1. The highest BCUT2D eigenvalue weighted by atomic mass is 32.2. The fourth-order valence-corrected chi connectivity index (χ4v) is 4.59. The topological polar surface area (TPSA) is 132 Å².